The summed E-state index contributed by atoms with van der Waals surface area (Å²) in [5.74, 6) is 0.216. The maximum Gasteiger partial charge on any atom is 0.417 e. The van der Waals surface area contributed by atoms with E-state index in [1.807, 2.05) is 0 Å². The van der Waals surface area contributed by atoms with Crippen molar-refractivity contribution in [2.45, 2.75) is 13.1 Å². The van der Waals surface area contributed by atoms with Crippen LogP contribution in [0.3, 0.4) is 0 Å². The Bertz CT molecular complexity index is 280. The predicted molar refractivity (Wildman–Crippen MR) is 41.4 cm³/mol. The standard InChI is InChI=1S/C9H8F3O/c1-2-13-8-5-3-4-7(6-8)9(10,11)12/h3,5-6H,2H2,1H3. The first-order chi connectivity index (χ1) is 6.04. The molecule has 1 rings (SSSR count). The fourth-order valence-electron chi connectivity index (χ4n) is 0.866. The normalized spacial score (nSPS) is 11.4. The van der Waals surface area contributed by atoms with E-state index < -0.39 is 11.7 Å². The number of ether oxygens (including phenoxy) is 1. The molecule has 0 unspecified atom stereocenters. The van der Waals surface area contributed by atoms with Gasteiger partial charge in [0.15, 0.2) is 0 Å². The van der Waals surface area contributed by atoms with Crippen molar-refractivity contribution in [2.75, 3.05) is 6.61 Å². The SMILES string of the molecule is CCOc1cc[c]c(C(F)(F)F)c1. The van der Waals surface area contributed by atoms with E-state index >= 15 is 0 Å². The van der Waals surface area contributed by atoms with E-state index in [9.17, 15) is 13.2 Å². The lowest BCUT2D eigenvalue weighted by atomic mass is 10.2. The van der Waals surface area contributed by atoms with Crippen LogP contribution in [0.1, 0.15) is 12.5 Å². The maximum absolute atomic E-state index is 12.1. The lowest BCUT2D eigenvalue weighted by Crippen LogP contribution is -2.05. The Morgan fingerprint density at radius 1 is 1.46 bits per heavy atom. The van der Waals surface area contributed by atoms with Crippen LogP contribution in [-0.2, 0) is 6.18 Å². The first-order valence-electron chi connectivity index (χ1n) is 3.75. The van der Waals surface area contributed by atoms with E-state index in [-0.39, 0.29) is 5.75 Å². The van der Waals surface area contributed by atoms with Crippen molar-refractivity contribution in [1.82, 2.24) is 0 Å². The van der Waals surface area contributed by atoms with E-state index in [4.69, 9.17) is 4.74 Å². The number of benzene rings is 1. The Kier molecular flexibility index (Phi) is 2.80. The van der Waals surface area contributed by atoms with Gasteiger partial charge in [-0.05, 0) is 25.1 Å². The van der Waals surface area contributed by atoms with Gasteiger partial charge in [-0.25, -0.2) is 0 Å². The summed E-state index contributed by atoms with van der Waals surface area (Å²) in [6.07, 6.45) is -4.35. The van der Waals surface area contributed by atoms with Gasteiger partial charge in [0, 0.05) is 0 Å². The van der Waals surface area contributed by atoms with E-state index in [2.05, 4.69) is 6.07 Å². The molecule has 0 N–H and O–H groups in total. The molecule has 1 radical (unpaired) electrons. The summed E-state index contributed by atoms with van der Waals surface area (Å²) in [4.78, 5) is 0. The van der Waals surface area contributed by atoms with Crippen LogP contribution in [0.5, 0.6) is 5.75 Å². The first-order valence-corrected chi connectivity index (χ1v) is 3.75. The molecule has 0 spiro atoms. The Balaban J connectivity index is 2.92. The van der Waals surface area contributed by atoms with Crippen molar-refractivity contribution in [3.8, 4) is 5.75 Å². The highest BCUT2D eigenvalue weighted by molar-refractivity contribution is 5.29. The molecule has 0 aliphatic rings. The van der Waals surface area contributed by atoms with Gasteiger partial charge in [-0.1, -0.05) is 6.07 Å². The van der Waals surface area contributed by atoms with Crippen molar-refractivity contribution in [3.63, 3.8) is 0 Å². The minimum atomic E-state index is -4.35. The van der Waals surface area contributed by atoms with Crippen molar-refractivity contribution in [3.05, 3.63) is 29.8 Å². The molecular formula is C9H8F3O. The summed E-state index contributed by atoms with van der Waals surface area (Å²) in [5.41, 5.74) is -0.807. The molecule has 0 bridgehead atoms. The smallest absolute Gasteiger partial charge is 0.417 e. The summed E-state index contributed by atoms with van der Waals surface area (Å²) in [7, 11) is 0. The molecule has 1 aromatic carbocycles. The minimum Gasteiger partial charge on any atom is -0.494 e. The van der Waals surface area contributed by atoms with Gasteiger partial charge in [-0.15, -0.1) is 0 Å². The molecule has 0 aliphatic heterocycles. The maximum atomic E-state index is 12.1. The second kappa shape index (κ2) is 3.68. The fourth-order valence-corrected chi connectivity index (χ4v) is 0.866. The largest absolute Gasteiger partial charge is 0.494 e. The quantitative estimate of drug-likeness (QED) is 0.695. The first kappa shape index (κ1) is 9.89. The molecule has 0 aromatic heterocycles. The summed E-state index contributed by atoms with van der Waals surface area (Å²) in [5, 5.41) is 0. The number of alkyl halides is 3. The molecule has 71 valence electrons. The third-order valence-electron chi connectivity index (χ3n) is 1.39. The van der Waals surface area contributed by atoms with Crippen LogP contribution in [0.2, 0.25) is 0 Å². The van der Waals surface area contributed by atoms with E-state index in [0.717, 1.165) is 6.07 Å². The zero-order valence-electron chi connectivity index (χ0n) is 6.98. The molecule has 0 aliphatic carbocycles. The van der Waals surface area contributed by atoms with Gasteiger partial charge in [0.1, 0.15) is 5.75 Å². The zero-order chi connectivity index (χ0) is 9.90. The van der Waals surface area contributed by atoms with Gasteiger partial charge < -0.3 is 4.74 Å². The lowest BCUT2D eigenvalue weighted by molar-refractivity contribution is -0.137. The highest BCUT2D eigenvalue weighted by atomic mass is 19.4. The number of hydrogen-bond donors (Lipinski definition) is 0. The molecule has 0 fully saturated rings. The highest BCUT2D eigenvalue weighted by Gasteiger charge is 2.30. The van der Waals surface area contributed by atoms with Crippen LogP contribution in [0.25, 0.3) is 0 Å². The second-order valence-corrected chi connectivity index (χ2v) is 2.37. The molecule has 1 nitrogen and oxygen atoms in total. The van der Waals surface area contributed by atoms with Gasteiger partial charge in [0.2, 0.25) is 0 Å². The van der Waals surface area contributed by atoms with Crippen LogP contribution in [-0.4, -0.2) is 6.61 Å². The molecule has 1 aromatic rings. The number of rotatable bonds is 2. The van der Waals surface area contributed by atoms with E-state index in [1.165, 1.54) is 12.1 Å². The van der Waals surface area contributed by atoms with Crippen LogP contribution in [0, 0.1) is 6.07 Å². The molecule has 0 atom stereocenters. The van der Waals surface area contributed by atoms with E-state index in [0.29, 0.717) is 6.61 Å². The fraction of sp³-hybridized carbons (Fsp3) is 0.333. The summed E-state index contributed by atoms with van der Waals surface area (Å²) in [6, 6.07) is 5.68. The summed E-state index contributed by atoms with van der Waals surface area (Å²) < 4.78 is 41.3. The predicted octanol–water partition coefficient (Wildman–Crippen LogP) is 2.90. The Morgan fingerprint density at radius 3 is 2.69 bits per heavy atom. The Morgan fingerprint density at radius 2 is 2.15 bits per heavy atom. The average molecular weight is 189 g/mol. The van der Waals surface area contributed by atoms with Crippen LogP contribution in [0.4, 0.5) is 13.2 Å². The monoisotopic (exact) mass is 189 g/mol. The van der Waals surface area contributed by atoms with Gasteiger partial charge in [0.05, 0.1) is 12.2 Å². The average Bonchev–Trinajstić information content (AvgIpc) is 2.04. The number of halogens is 3. The van der Waals surface area contributed by atoms with Crippen LogP contribution in [0.15, 0.2) is 18.2 Å². The van der Waals surface area contributed by atoms with Crippen molar-refractivity contribution >= 4 is 0 Å². The molecule has 13 heavy (non-hydrogen) atoms. The van der Waals surface area contributed by atoms with Crippen molar-refractivity contribution < 1.29 is 17.9 Å². The van der Waals surface area contributed by atoms with Gasteiger partial charge in [0.25, 0.3) is 0 Å². The molecule has 0 heterocycles. The molecule has 4 heteroatoms. The molecular weight excluding hydrogens is 181 g/mol. The molecule has 0 saturated carbocycles. The van der Waals surface area contributed by atoms with Crippen LogP contribution < -0.4 is 4.74 Å². The van der Waals surface area contributed by atoms with Crippen molar-refractivity contribution in [2.24, 2.45) is 0 Å². The minimum absolute atomic E-state index is 0.216. The third-order valence-corrected chi connectivity index (χ3v) is 1.39. The van der Waals surface area contributed by atoms with Gasteiger partial charge in [-0.2, -0.15) is 13.2 Å². The van der Waals surface area contributed by atoms with Crippen LogP contribution >= 0.6 is 0 Å². The topological polar surface area (TPSA) is 9.23 Å². The summed E-state index contributed by atoms with van der Waals surface area (Å²) in [6.45, 7) is 2.06. The Labute approximate surface area is 74.1 Å². The Hall–Kier alpha value is -1.19. The molecule has 0 saturated heterocycles. The zero-order valence-corrected chi connectivity index (χ0v) is 6.98. The van der Waals surface area contributed by atoms with E-state index in [1.54, 1.807) is 6.92 Å². The molecule has 0 amide bonds. The summed E-state index contributed by atoms with van der Waals surface area (Å²) >= 11 is 0. The number of hydrogen-bond acceptors (Lipinski definition) is 1. The van der Waals surface area contributed by atoms with Gasteiger partial charge in [-0.3, -0.25) is 0 Å². The third kappa shape index (κ3) is 2.65. The van der Waals surface area contributed by atoms with Gasteiger partial charge >= 0.3 is 6.18 Å². The highest BCUT2D eigenvalue weighted by Crippen LogP contribution is 2.30. The lowest BCUT2D eigenvalue weighted by Gasteiger charge is -2.08. The van der Waals surface area contributed by atoms with Crippen molar-refractivity contribution in [1.29, 1.82) is 0 Å². The second-order valence-electron chi connectivity index (χ2n) is 2.37.